The molecule has 0 rings (SSSR count). The molecular formula is C16H34O4. The van der Waals surface area contributed by atoms with E-state index in [2.05, 4.69) is 27.7 Å². The Morgan fingerprint density at radius 2 is 1.10 bits per heavy atom. The van der Waals surface area contributed by atoms with Gasteiger partial charge in [0, 0.05) is 20.8 Å². The highest BCUT2D eigenvalue weighted by molar-refractivity contribution is 4.77. The quantitative estimate of drug-likeness (QED) is 0.487. The summed E-state index contributed by atoms with van der Waals surface area (Å²) >= 11 is 0. The monoisotopic (exact) mass is 290 g/mol. The first-order chi connectivity index (χ1) is 9.45. The van der Waals surface area contributed by atoms with Crippen molar-refractivity contribution >= 4 is 0 Å². The van der Waals surface area contributed by atoms with Gasteiger partial charge < -0.3 is 18.9 Å². The van der Waals surface area contributed by atoms with E-state index in [-0.39, 0.29) is 11.2 Å². The first-order valence-corrected chi connectivity index (χ1v) is 7.71. The fourth-order valence-electron chi connectivity index (χ4n) is 1.90. The summed E-state index contributed by atoms with van der Waals surface area (Å²) in [5, 5.41) is 0. The van der Waals surface area contributed by atoms with Crippen molar-refractivity contribution in [3.05, 3.63) is 0 Å². The van der Waals surface area contributed by atoms with E-state index >= 15 is 0 Å². The molecule has 0 aliphatic carbocycles. The van der Waals surface area contributed by atoms with Gasteiger partial charge in [0.2, 0.25) is 0 Å². The lowest BCUT2D eigenvalue weighted by molar-refractivity contribution is -0.100. The van der Waals surface area contributed by atoms with E-state index in [1.54, 1.807) is 14.2 Å². The van der Waals surface area contributed by atoms with Crippen LogP contribution in [0.5, 0.6) is 0 Å². The van der Waals surface area contributed by atoms with Crippen molar-refractivity contribution in [3.63, 3.8) is 0 Å². The highest BCUT2D eigenvalue weighted by atomic mass is 16.5. The zero-order valence-corrected chi connectivity index (χ0v) is 14.3. The van der Waals surface area contributed by atoms with Gasteiger partial charge in [0.25, 0.3) is 0 Å². The molecule has 2 unspecified atom stereocenters. The highest BCUT2D eigenvalue weighted by Gasteiger charge is 2.26. The molecule has 0 spiro atoms. The van der Waals surface area contributed by atoms with E-state index in [0.29, 0.717) is 19.8 Å². The minimum atomic E-state index is -0.131. The summed E-state index contributed by atoms with van der Waals surface area (Å²) < 4.78 is 22.2. The molecule has 20 heavy (non-hydrogen) atoms. The molecule has 0 amide bonds. The van der Waals surface area contributed by atoms with E-state index in [1.165, 1.54) is 0 Å². The molecule has 0 N–H and O–H groups in total. The summed E-state index contributed by atoms with van der Waals surface area (Å²) in [6.07, 6.45) is 3.79. The van der Waals surface area contributed by atoms with Crippen LogP contribution in [0.2, 0.25) is 0 Å². The molecule has 4 heteroatoms. The van der Waals surface area contributed by atoms with Crippen LogP contribution in [0.1, 0.15) is 53.4 Å². The Morgan fingerprint density at radius 3 is 1.55 bits per heavy atom. The van der Waals surface area contributed by atoms with Gasteiger partial charge in [0.1, 0.15) is 0 Å². The molecular weight excluding hydrogens is 256 g/mol. The first-order valence-electron chi connectivity index (χ1n) is 7.71. The minimum Gasteiger partial charge on any atom is -0.385 e. The van der Waals surface area contributed by atoms with Gasteiger partial charge in [0.15, 0.2) is 0 Å². The third-order valence-electron chi connectivity index (χ3n) is 4.15. The van der Waals surface area contributed by atoms with Crippen LogP contribution in [0.4, 0.5) is 0 Å². The van der Waals surface area contributed by atoms with Gasteiger partial charge in [-0.05, 0) is 39.5 Å². The van der Waals surface area contributed by atoms with Crippen molar-refractivity contribution < 1.29 is 18.9 Å². The van der Waals surface area contributed by atoms with Crippen LogP contribution < -0.4 is 0 Å². The molecule has 0 heterocycles. The number of hydrogen-bond donors (Lipinski definition) is 0. The van der Waals surface area contributed by atoms with Gasteiger partial charge >= 0.3 is 0 Å². The Hall–Kier alpha value is -0.160. The third kappa shape index (κ3) is 8.20. The van der Waals surface area contributed by atoms with Crippen LogP contribution >= 0.6 is 0 Å². The zero-order valence-electron chi connectivity index (χ0n) is 14.3. The van der Waals surface area contributed by atoms with Gasteiger partial charge in [-0.15, -0.1) is 0 Å². The largest absolute Gasteiger partial charge is 0.385 e. The Labute approximate surface area is 125 Å². The highest BCUT2D eigenvalue weighted by Crippen LogP contribution is 2.24. The summed E-state index contributed by atoms with van der Waals surface area (Å²) in [6.45, 7) is 11.3. The second-order valence-electron chi connectivity index (χ2n) is 5.79. The van der Waals surface area contributed by atoms with Crippen LogP contribution in [-0.4, -0.2) is 51.8 Å². The lowest BCUT2D eigenvalue weighted by Crippen LogP contribution is -2.35. The van der Waals surface area contributed by atoms with Crippen molar-refractivity contribution in [2.24, 2.45) is 0 Å². The standard InChI is InChI=1S/C16H34O4/c1-7-15(3,9-11-17-5)19-12-10-16(4,8-2)20-14-13-18-6/h7-14H2,1-6H3. The van der Waals surface area contributed by atoms with Crippen LogP contribution in [0.15, 0.2) is 0 Å². The number of hydrogen-bond acceptors (Lipinski definition) is 4. The maximum atomic E-state index is 6.09. The van der Waals surface area contributed by atoms with Crippen molar-refractivity contribution in [3.8, 4) is 0 Å². The SMILES string of the molecule is CCC(C)(CCOC)OCCC(C)(CC)OCCOC. The summed E-state index contributed by atoms with van der Waals surface area (Å²) in [4.78, 5) is 0. The van der Waals surface area contributed by atoms with Gasteiger partial charge in [-0.1, -0.05) is 13.8 Å². The molecule has 0 bridgehead atoms. The molecule has 0 radical (unpaired) electrons. The molecule has 0 aromatic rings. The average Bonchev–Trinajstić information content (AvgIpc) is 2.45. The van der Waals surface area contributed by atoms with E-state index in [4.69, 9.17) is 18.9 Å². The lowest BCUT2D eigenvalue weighted by Gasteiger charge is -2.33. The zero-order chi connectivity index (χ0) is 15.5. The Bertz CT molecular complexity index is 235. The van der Waals surface area contributed by atoms with Crippen LogP contribution in [-0.2, 0) is 18.9 Å². The molecule has 2 atom stereocenters. The molecule has 0 saturated heterocycles. The molecule has 4 nitrogen and oxygen atoms in total. The Kier molecular flexibility index (Phi) is 10.5. The maximum absolute atomic E-state index is 6.09. The van der Waals surface area contributed by atoms with Gasteiger partial charge in [-0.3, -0.25) is 0 Å². The number of ether oxygens (including phenoxy) is 4. The van der Waals surface area contributed by atoms with Crippen molar-refractivity contribution in [2.45, 2.75) is 64.6 Å². The van der Waals surface area contributed by atoms with Crippen LogP contribution in [0.25, 0.3) is 0 Å². The normalized spacial score (nSPS) is 17.7. The van der Waals surface area contributed by atoms with Gasteiger partial charge in [0.05, 0.1) is 31.0 Å². The predicted molar refractivity (Wildman–Crippen MR) is 82.3 cm³/mol. The molecule has 0 aromatic heterocycles. The van der Waals surface area contributed by atoms with Gasteiger partial charge in [-0.2, -0.15) is 0 Å². The smallest absolute Gasteiger partial charge is 0.0707 e. The Morgan fingerprint density at radius 1 is 0.650 bits per heavy atom. The molecule has 0 aliphatic heterocycles. The van der Waals surface area contributed by atoms with E-state index in [1.807, 2.05) is 0 Å². The summed E-state index contributed by atoms with van der Waals surface area (Å²) in [5.41, 5.74) is -0.231. The topological polar surface area (TPSA) is 36.9 Å². The van der Waals surface area contributed by atoms with Crippen molar-refractivity contribution in [1.29, 1.82) is 0 Å². The van der Waals surface area contributed by atoms with Crippen molar-refractivity contribution in [2.75, 3.05) is 40.6 Å². The summed E-state index contributed by atoms with van der Waals surface area (Å²) in [5.74, 6) is 0. The fourth-order valence-corrected chi connectivity index (χ4v) is 1.90. The van der Waals surface area contributed by atoms with E-state index in [0.717, 1.165) is 32.3 Å². The fraction of sp³-hybridized carbons (Fsp3) is 1.00. The number of methoxy groups -OCH3 is 2. The Balaban J connectivity index is 4.14. The molecule has 0 fully saturated rings. The summed E-state index contributed by atoms with van der Waals surface area (Å²) in [7, 11) is 3.42. The molecule has 122 valence electrons. The second-order valence-corrected chi connectivity index (χ2v) is 5.79. The first kappa shape index (κ1) is 19.8. The maximum Gasteiger partial charge on any atom is 0.0707 e. The second kappa shape index (κ2) is 10.6. The average molecular weight is 290 g/mol. The van der Waals surface area contributed by atoms with Crippen LogP contribution in [0, 0.1) is 0 Å². The molecule has 0 aliphatic rings. The summed E-state index contributed by atoms with van der Waals surface area (Å²) in [6, 6.07) is 0. The minimum absolute atomic E-state index is 0.100. The molecule has 0 aromatic carbocycles. The molecule has 0 saturated carbocycles. The van der Waals surface area contributed by atoms with E-state index in [9.17, 15) is 0 Å². The van der Waals surface area contributed by atoms with Gasteiger partial charge in [-0.25, -0.2) is 0 Å². The van der Waals surface area contributed by atoms with Crippen molar-refractivity contribution in [1.82, 2.24) is 0 Å². The van der Waals surface area contributed by atoms with Crippen LogP contribution in [0.3, 0.4) is 0 Å². The lowest BCUT2D eigenvalue weighted by atomic mass is 9.97. The van der Waals surface area contributed by atoms with E-state index < -0.39 is 0 Å². The third-order valence-corrected chi connectivity index (χ3v) is 4.15. The number of rotatable bonds is 13. The predicted octanol–water partition coefficient (Wildman–Crippen LogP) is 3.43.